The largest absolute Gasteiger partial charge is 0.385 e. The summed E-state index contributed by atoms with van der Waals surface area (Å²) in [6.45, 7) is 1.05. The number of hydrogen-bond donors (Lipinski definition) is 1. The molecule has 1 aliphatic rings. The third-order valence-electron chi connectivity index (χ3n) is 3.12. The van der Waals surface area contributed by atoms with Gasteiger partial charge in [0.05, 0.1) is 11.6 Å². The van der Waals surface area contributed by atoms with Crippen molar-refractivity contribution in [2.75, 3.05) is 11.9 Å². The number of anilines is 1. The van der Waals surface area contributed by atoms with E-state index in [1.54, 1.807) is 0 Å². The lowest BCUT2D eigenvalue weighted by Crippen LogP contribution is -2.15. The summed E-state index contributed by atoms with van der Waals surface area (Å²) in [6.07, 6.45) is 5.52. The number of rotatable bonds is 4. The molecule has 1 aliphatic carbocycles. The van der Waals surface area contributed by atoms with E-state index in [1.807, 2.05) is 24.3 Å². The Balaban J connectivity index is 1.75. The van der Waals surface area contributed by atoms with Crippen LogP contribution < -0.4 is 5.32 Å². The summed E-state index contributed by atoms with van der Waals surface area (Å²) in [5.74, 6) is 0.955. The summed E-state index contributed by atoms with van der Waals surface area (Å²) in [4.78, 5) is 0. The molecule has 0 aromatic heterocycles. The Morgan fingerprint density at radius 2 is 2.00 bits per heavy atom. The van der Waals surface area contributed by atoms with Gasteiger partial charge in [-0.3, -0.25) is 0 Å². The Labute approximate surface area is 90.9 Å². The molecule has 0 unspecified atom stereocenters. The highest BCUT2D eigenvalue weighted by Gasteiger charge is 2.16. The van der Waals surface area contributed by atoms with Crippen molar-refractivity contribution in [1.82, 2.24) is 0 Å². The maximum Gasteiger partial charge on any atom is 0.0991 e. The van der Waals surface area contributed by atoms with Crippen LogP contribution in [-0.4, -0.2) is 6.54 Å². The monoisotopic (exact) mass is 200 g/mol. The molecule has 2 rings (SSSR count). The molecule has 0 bridgehead atoms. The highest BCUT2D eigenvalue weighted by molar-refractivity contribution is 5.46. The molecule has 78 valence electrons. The zero-order valence-electron chi connectivity index (χ0n) is 8.87. The molecule has 1 fully saturated rings. The van der Waals surface area contributed by atoms with Crippen molar-refractivity contribution in [2.24, 2.45) is 5.92 Å². The zero-order chi connectivity index (χ0) is 10.5. The van der Waals surface area contributed by atoms with Gasteiger partial charge in [0.1, 0.15) is 0 Å². The number of benzene rings is 1. The Hall–Kier alpha value is -1.49. The molecule has 2 nitrogen and oxygen atoms in total. The van der Waals surface area contributed by atoms with Crippen LogP contribution in [0.2, 0.25) is 0 Å². The fraction of sp³-hybridized carbons (Fsp3) is 0.462. The van der Waals surface area contributed by atoms with Gasteiger partial charge >= 0.3 is 0 Å². The van der Waals surface area contributed by atoms with E-state index in [4.69, 9.17) is 5.26 Å². The standard InChI is InChI=1S/C13H16N2/c14-10-12-4-6-13(7-5-12)15-9-8-11-2-1-3-11/h4-7,11,15H,1-3,8-9H2. The average Bonchev–Trinajstić information content (AvgIpc) is 2.23. The minimum Gasteiger partial charge on any atom is -0.385 e. The molecule has 1 aromatic rings. The fourth-order valence-corrected chi connectivity index (χ4v) is 1.86. The predicted octanol–water partition coefficient (Wildman–Crippen LogP) is 3.16. The van der Waals surface area contributed by atoms with E-state index in [-0.39, 0.29) is 0 Å². The van der Waals surface area contributed by atoms with Crippen molar-refractivity contribution in [3.63, 3.8) is 0 Å². The van der Waals surface area contributed by atoms with E-state index < -0.39 is 0 Å². The molecule has 1 saturated carbocycles. The Bertz CT molecular complexity index is 344. The van der Waals surface area contributed by atoms with Crippen LogP contribution in [0.3, 0.4) is 0 Å². The summed E-state index contributed by atoms with van der Waals surface area (Å²) in [6, 6.07) is 9.77. The predicted molar refractivity (Wildman–Crippen MR) is 61.6 cm³/mol. The minimum absolute atomic E-state index is 0.722. The van der Waals surface area contributed by atoms with E-state index in [1.165, 1.54) is 25.7 Å². The maximum atomic E-state index is 8.65. The maximum absolute atomic E-state index is 8.65. The van der Waals surface area contributed by atoms with Crippen LogP contribution in [-0.2, 0) is 0 Å². The van der Waals surface area contributed by atoms with Crippen LogP contribution in [0.15, 0.2) is 24.3 Å². The minimum atomic E-state index is 0.722. The lowest BCUT2D eigenvalue weighted by molar-refractivity contribution is 0.303. The smallest absolute Gasteiger partial charge is 0.0991 e. The van der Waals surface area contributed by atoms with Crippen molar-refractivity contribution >= 4 is 5.69 Å². The molecule has 1 aromatic carbocycles. The molecule has 2 heteroatoms. The van der Waals surface area contributed by atoms with Gasteiger partial charge in [0.15, 0.2) is 0 Å². The van der Waals surface area contributed by atoms with Gasteiger partial charge in [-0.15, -0.1) is 0 Å². The molecule has 0 spiro atoms. The van der Waals surface area contributed by atoms with Gasteiger partial charge in [-0.05, 0) is 36.6 Å². The second kappa shape index (κ2) is 4.84. The first-order valence-corrected chi connectivity index (χ1v) is 5.62. The van der Waals surface area contributed by atoms with Crippen LogP contribution in [0.5, 0.6) is 0 Å². The summed E-state index contributed by atoms with van der Waals surface area (Å²) in [7, 11) is 0. The fourth-order valence-electron chi connectivity index (χ4n) is 1.86. The summed E-state index contributed by atoms with van der Waals surface area (Å²) in [5, 5.41) is 12.0. The SMILES string of the molecule is N#Cc1ccc(NCCC2CCC2)cc1. The quantitative estimate of drug-likeness (QED) is 0.810. The highest BCUT2D eigenvalue weighted by atomic mass is 14.9. The highest BCUT2D eigenvalue weighted by Crippen LogP contribution is 2.29. The molecule has 0 aliphatic heterocycles. The van der Waals surface area contributed by atoms with Gasteiger partial charge in [0, 0.05) is 12.2 Å². The van der Waals surface area contributed by atoms with Crippen molar-refractivity contribution in [3.05, 3.63) is 29.8 Å². The summed E-state index contributed by atoms with van der Waals surface area (Å²) < 4.78 is 0. The lowest BCUT2D eigenvalue weighted by atomic mass is 9.83. The van der Waals surface area contributed by atoms with Crippen LogP contribution in [0.1, 0.15) is 31.2 Å². The first-order valence-electron chi connectivity index (χ1n) is 5.62. The van der Waals surface area contributed by atoms with E-state index >= 15 is 0 Å². The molecule has 15 heavy (non-hydrogen) atoms. The molecule has 0 atom stereocenters. The van der Waals surface area contributed by atoms with Crippen LogP contribution in [0.4, 0.5) is 5.69 Å². The number of hydrogen-bond acceptors (Lipinski definition) is 2. The Morgan fingerprint density at radius 3 is 2.53 bits per heavy atom. The van der Waals surface area contributed by atoms with E-state index in [9.17, 15) is 0 Å². The first-order chi connectivity index (χ1) is 7.38. The third kappa shape index (κ3) is 2.73. The molecule has 0 heterocycles. The van der Waals surface area contributed by atoms with Gasteiger partial charge in [-0.2, -0.15) is 5.26 Å². The molecule has 0 amide bonds. The van der Waals surface area contributed by atoms with Gasteiger partial charge in [-0.1, -0.05) is 19.3 Å². The second-order valence-electron chi connectivity index (χ2n) is 4.20. The Morgan fingerprint density at radius 1 is 1.27 bits per heavy atom. The number of nitrogens with zero attached hydrogens (tertiary/aromatic N) is 1. The second-order valence-corrected chi connectivity index (χ2v) is 4.20. The van der Waals surface area contributed by atoms with Crippen molar-refractivity contribution in [2.45, 2.75) is 25.7 Å². The van der Waals surface area contributed by atoms with E-state index in [0.29, 0.717) is 0 Å². The van der Waals surface area contributed by atoms with E-state index in [2.05, 4.69) is 11.4 Å². The topological polar surface area (TPSA) is 35.8 Å². The van der Waals surface area contributed by atoms with Gasteiger partial charge in [-0.25, -0.2) is 0 Å². The van der Waals surface area contributed by atoms with Gasteiger partial charge in [0.25, 0.3) is 0 Å². The average molecular weight is 200 g/mol. The summed E-state index contributed by atoms with van der Waals surface area (Å²) >= 11 is 0. The summed E-state index contributed by atoms with van der Waals surface area (Å²) in [5.41, 5.74) is 1.84. The molecule has 0 radical (unpaired) electrons. The molecular formula is C13H16N2. The van der Waals surface area contributed by atoms with Crippen molar-refractivity contribution in [3.8, 4) is 6.07 Å². The normalized spacial score (nSPS) is 15.4. The third-order valence-corrected chi connectivity index (χ3v) is 3.12. The van der Waals surface area contributed by atoms with Crippen LogP contribution in [0, 0.1) is 17.2 Å². The number of nitrogens with one attached hydrogen (secondary N) is 1. The Kier molecular flexibility index (Phi) is 3.24. The van der Waals surface area contributed by atoms with Crippen molar-refractivity contribution < 1.29 is 0 Å². The van der Waals surface area contributed by atoms with Crippen LogP contribution in [0.25, 0.3) is 0 Å². The molecule has 0 saturated heterocycles. The molecular weight excluding hydrogens is 184 g/mol. The van der Waals surface area contributed by atoms with Gasteiger partial charge < -0.3 is 5.32 Å². The molecule has 1 N–H and O–H groups in total. The van der Waals surface area contributed by atoms with Crippen LogP contribution >= 0.6 is 0 Å². The first kappa shape index (κ1) is 10.0. The zero-order valence-corrected chi connectivity index (χ0v) is 8.87. The number of nitriles is 1. The lowest BCUT2D eigenvalue weighted by Gasteiger charge is -2.25. The van der Waals surface area contributed by atoms with Gasteiger partial charge in [0.2, 0.25) is 0 Å². The van der Waals surface area contributed by atoms with Crippen molar-refractivity contribution in [1.29, 1.82) is 5.26 Å². The van der Waals surface area contributed by atoms with E-state index in [0.717, 1.165) is 23.7 Å².